The molecule has 0 spiro atoms. The Morgan fingerprint density at radius 2 is 2.29 bits per heavy atom. The van der Waals surface area contributed by atoms with Gasteiger partial charge in [0.2, 0.25) is 0 Å². The number of amides is 1. The number of ether oxygens (including phenoxy) is 1. The first-order valence-corrected chi connectivity index (χ1v) is 4.43. The van der Waals surface area contributed by atoms with Crippen LogP contribution in [0.3, 0.4) is 0 Å². The number of fused-ring (bicyclic) bond motifs is 1. The Morgan fingerprint density at radius 3 is 3.07 bits per heavy atom. The molecule has 0 fully saturated rings. The summed E-state index contributed by atoms with van der Waals surface area (Å²) in [5.41, 5.74) is 2.83. The standard InChI is InChI=1S/C10H11NO3/c12-10(13)11-9-2-1-8-6-14-4-3-7(8)5-9/h1-2,5,11H,3-4,6H2,(H,12,13)/p-1. The first-order chi connectivity index (χ1) is 6.75. The second-order valence-corrected chi connectivity index (χ2v) is 3.20. The van der Waals surface area contributed by atoms with Crippen molar-refractivity contribution in [3.8, 4) is 0 Å². The summed E-state index contributed by atoms with van der Waals surface area (Å²) in [6, 6.07) is 5.41. The van der Waals surface area contributed by atoms with Crippen LogP contribution in [0.4, 0.5) is 10.5 Å². The van der Waals surface area contributed by atoms with Gasteiger partial charge in [0.15, 0.2) is 0 Å². The number of rotatable bonds is 1. The maximum atomic E-state index is 10.3. The summed E-state index contributed by atoms with van der Waals surface area (Å²) in [5, 5.41) is 12.5. The normalized spacial score (nSPS) is 14.6. The minimum absolute atomic E-state index is 0.561. The number of carbonyl (C=O) groups is 1. The molecule has 1 N–H and O–H groups in total. The molecule has 1 aliphatic heterocycles. The van der Waals surface area contributed by atoms with Gasteiger partial charge in [0.1, 0.15) is 6.09 Å². The lowest BCUT2D eigenvalue weighted by Crippen LogP contribution is -2.28. The van der Waals surface area contributed by atoms with Crippen LogP contribution in [-0.2, 0) is 17.8 Å². The van der Waals surface area contributed by atoms with Crippen molar-refractivity contribution in [2.45, 2.75) is 13.0 Å². The quantitative estimate of drug-likeness (QED) is 0.705. The van der Waals surface area contributed by atoms with Crippen molar-refractivity contribution in [1.29, 1.82) is 0 Å². The van der Waals surface area contributed by atoms with Gasteiger partial charge >= 0.3 is 0 Å². The highest BCUT2D eigenvalue weighted by molar-refractivity contribution is 5.81. The summed E-state index contributed by atoms with van der Waals surface area (Å²) in [6.45, 7) is 1.31. The van der Waals surface area contributed by atoms with Gasteiger partial charge in [0, 0.05) is 5.69 Å². The van der Waals surface area contributed by atoms with Gasteiger partial charge in [-0.1, -0.05) is 6.07 Å². The van der Waals surface area contributed by atoms with Crippen LogP contribution in [0.15, 0.2) is 18.2 Å². The van der Waals surface area contributed by atoms with Crippen LogP contribution in [0.2, 0.25) is 0 Å². The molecule has 0 saturated carbocycles. The lowest BCUT2D eigenvalue weighted by molar-refractivity contribution is -0.242. The molecule has 0 radical (unpaired) electrons. The molecule has 2 rings (SSSR count). The molecule has 1 aliphatic rings. The third kappa shape index (κ3) is 1.85. The van der Waals surface area contributed by atoms with Gasteiger partial charge in [0.25, 0.3) is 0 Å². The number of carbonyl (C=O) groups excluding carboxylic acids is 1. The Hall–Kier alpha value is -1.55. The molecule has 0 aliphatic carbocycles. The maximum absolute atomic E-state index is 10.3. The first-order valence-electron chi connectivity index (χ1n) is 4.43. The van der Waals surface area contributed by atoms with Crippen LogP contribution in [0.1, 0.15) is 11.1 Å². The minimum atomic E-state index is -1.28. The van der Waals surface area contributed by atoms with Crippen molar-refractivity contribution in [1.82, 2.24) is 0 Å². The number of carboxylic acid groups (broad SMARTS) is 1. The number of anilines is 1. The van der Waals surface area contributed by atoms with E-state index in [0.717, 1.165) is 17.5 Å². The molecule has 0 atom stereocenters. The summed E-state index contributed by atoms with van der Waals surface area (Å²) in [4.78, 5) is 10.3. The number of hydrogen-bond donors (Lipinski definition) is 1. The molecular formula is C10H10NO3-. The van der Waals surface area contributed by atoms with Crippen molar-refractivity contribution in [3.05, 3.63) is 29.3 Å². The molecule has 0 saturated heterocycles. The van der Waals surface area contributed by atoms with Gasteiger partial charge in [-0.2, -0.15) is 0 Å². The van der Waals surface area contributed by atoms with Crippen LogP contribution in [-0.4, -0.2) is 12.7 Å². The number of nitrogens with one attached hydrogen (secondary N) is 1. The summed E-state index contributed by atoms with van der Waals surface area (Å²) < 4.78 is 5.27. The van der Waals surface area contributed by atoms with Crippen LogP contribution >= 0.6 is 0 Å². The second-order valence-electron chi connectivity index (χ2n) is 3.20. The highest BCUT2D eigenvalue weighted by Gasteiger charge is 2.09. The zero-order chi connectivity index (χ0) is 9.97. The number of hydrogen-bond acceptors (Lipinski definition) is 3. The first kappa shape index (κ1) is 9.02. The van der Waals surface area contributed by atoms with Gasteiger partial charge in [-0.25, -0.2) is 0 Å². The summed E-state index contributed by atoms with van der Waals surface area (Å²) >= 11 is 0. The average molecular weight is 192 g/mol. The van der Waals surface area contributed by atoms with E-state index in [9.17, 15) is 9.90 Å². The zero-order valence-corrected chi connectivity index (χ0v) is 7.58. The van der Waals surface area contributed by atoms with Crippen LogP contribution < -0.4 is 10.4 Å². The molecule has 4 nitrogen and oxygen atoms in total. The average Bonchev–Trinajstić information content (AvgIpc) is 2.17. The monoisotopic (exact) mass is 192 g/mol. The van der Waals surface area contributed by atoms with Crippen molar-refractivity contribution < 1.29 is 14.6 Å². The lowest BCUT2D eigenvalue weighted by atomic mass is 10.0. The SMILES string of the molecule is O=C([O-])Nc1ccc2c(c1)CCOC2. The van der Waals surface area contributed by atoms with Crippen LogP contribution in [0.5, 0.6) is 0 Å². The lowest BCUT2D eigenvalue weighted by Gasteiger charge is -2.17. The van der Waals surface area contributed by atoms with Gasteiger partial charge < -0.3 is 20.0 Å². The van der Waals surface area contributed by atoms with Crippen LogP contribution in [0.25, 0.3) is 0 Å². The van der Waals surface area contributed by atoms with E-state index in [0.29, 0.717) is 18.9 Å². The van der Waals surface area contributed by atoms with Crippen molar-refractivity contribution >= 4 is 11.8 Å². The maximum Gasteiger partial charge on any atom is 0.138 e. The summed E-state index contributed by atoms with van der Waals surface area (Å²) in [7, 11) is 0. The zero-order valence-electron chi connectivity index (χ0n) is 7.58. The Kier molecular flexibility index (Phi) is 2.37. The molecular weight excluding hydrogens is 182 g/mol. The molecule has 1 aromatic carbocycles. The van der Waals surface area contributed by atoms with Crippen molar-refractivity contribution in [3.63, 3.8) is 0 Å². The van der Waals surface area contributed by atoms with Crippen LogP contribution in [0, 0.1) is 0 Å². The van der Waals surface area contributed by atoms with Crippen molar-refractivity contribution in [2.24, 2.45) is 0 Å². The molecule has 1 aromatic rings. The van der Waals surface area contributed by atoms with Gasteiger partial charge in [-0.05, 0) is 29.7 Å². The third-order valence-electron chi connectivity index (χ3n) is 2.23. The third-order valence-corrected chi connectivity index (χ3v) is 2.23. The van der Waals surface area contributed by atoms with Gasteiger partial charge in [0.05, 0.1) is 13.2 Å². The largest absolute Gasteiger partial charge is 0.530 e. The fourth-order valence-corrected chi connectivity index (χ4v) is 1.56. The molecule has 14 heavy (non-hydrogen) atoms. The number of benzene rings is 1. The Morgan fingerprint density at radius 1 is 1.43 bits per heavy atom. The Bertz CT molecular complexity index is 362. The fourth-order valence-electron chi connectivity index (χ4n) is 1.56. The van der Waals surface area contributed by atoms with E-state index in [-0.39, 0.29) is 0 Å². The highest BCUT2D eigenvalue weighted by atomic mass is 16.5. The second kappa shape index (κ2) is 3.67. The Labute approximate surface area is 81.5 Å². The Balaban J connectivity index is 2.24. The summed E-state index contributed by atoms with van der Waals surface area (Å²) in [5.74, 6) is 0. The molecule has 1 amide bonds. The minimum Gasteiger partial charge on any atom is -0.530 e. The van der Waals surface area contributed by atoms with E-state index in [1.54, 1.807) is 6.07 Å². The predicted octanol–water partition coefficient (Wildman–Crippen LogP) is 0.514. The predicted molar refractivity (Wildman–Crippen MR) is 48.8 cm³/mol. The topological polar surface area (TPSA) is 61.4 Å². The van der Waals surface area contributed by atoms with E-state index < -0.39 is 6.09 Å². The summed E-state index contributed by atoms with van der Waals surface area (Å²) in [6.07, 6.45) is -0.449. The van der Waals surface area contributed by atoms with E-state index in [1.807, 2.05) is 12.1 Å². The van der Waals surface area contributed by atoms with Crippen molar-refractivity contribution in [2.75, 3.05) is 11.9 Å². The molecule has 74 valence electrons. The van der Waals surface area contributed by atoms with Gasteiger partial charge in [-0.3, -0.25) is 0 Å². The van der Waals surface area contributed by atoms with E-state index in [1.165, 1.54) is 0 Å². The van der Waals surface area contributed by atoms with E-state index >= 15 is 0 Å². The molecule has 0 aromatic heterocycles. The van der Waals surface area contributed by atoms with E-state index in [2.05, 4.69) is 5.32 Å². The highest BCUT2D eigenvalue weighted by Crippen LogP contribution is 2.20. The van der Waals surface area contributed by atoms with E-state index in [4.69, 9.17) is 4.74 Å². The fraction of sp³-hybridized carbons (Fsp3) is 0.300. The smallest absolute Gasteiger partial charge is 0.138 e. The molecule has 0 bridgehead atoms. The van der Waals surface area contributed by atoms with Gasteiger partial charge in [-0.15, -0.1) is 0 Å². The molecule has 1 heterocycles. The molecule has 4 heteroatoms. The molecule has 0 unspecified atom stereocenters.